The average molecular weight is 479 g/mol. The van der Waals surface area contributed by atoms with Crippen molar-refractivity contribution in [3.8, 4) is 5.75 Å². The summed E-state index contributed by atoms with van der Waals surface area (Å²) >= 11 is 0. The highest BCUT2D eigenvalue weighted by molar-refractivity contribution is 5.96. The Balaban J connectivity index is 1.55. The van der Waals surface area contributed by atoms with Crippen LogP contribution < -0.4 is 15.4 Å². The van der Waals surface area contributed by atoms with Crippen molar-refractivity contribution < 1.29 is 14.3 Å². The van der Waals surface area contributed by atoms with Crippen molar-refractivity contribution in [2.24, 2.45) is 0 Å². The largest absolute Gasteiger partial charge is 0.493 e. The van der Waals surface area contributed by atoms with Gasteiger partial charge in [0.05, 0.1) is 13.2 Å². The number of carbonyl (C=O) groups is 2. The molecule has 0 spiro atoms. The lowest BCUT2D eigenvalue weighted by Gasteiger charge is -2.25. The summed E-state index contributed by atoms with van der Waals surface area (Å²) < 4.78 is 6.18. The lowest BCUT2D eigenvalue weighted by molar-refractivity contribution is -0.122. The van der Waals surface area contributed by atoms with Crippen LogP contribution >= 0.6 is 0 Å². The molecule has 2 aromatic rings. The number of carbonyl (C=O) groups excluding carboxylic acids is 2. The fourth-order valence-corrected chi connectivity index (χ4v) is 4.81. The zero-order valence-corrected chi connectivity index (χ0v) is 20.6. The Morgan fingerprint density at radius 2 is 1.74 bits per heavy atom. The molecule has 0 atom stereocenters. The molecule has 1 fully saturated rings. The van der Waals surface area contributed by atoms with E-state index < -0.39 is 0 Å². The summed E-state index contributed by atoms with van der Waals surface area (Å²) in [6.45, 7) is 6.32. The van der Waals surface area contributed by atoms with E-state index in [2.05, 4.69) is 32.6 Å². The van der Waals surface area contributed by atoms with Crippen LogP contribution in [0.1, 0.15) is 53.6 Å². The van der Waals surface area contributed by atoms with E-state index in [0.717, 1.165) is 55.8 Å². The smallest absolute Gasteiger partial charge is 0.251 e. The minimum absolute atomic E-state index is 0.00944. The third-order valence-electron chi connectivity index (χ3n) is 6.69. The lowest BCUT2D eigenvalue weighted by atomic mass is 10.0. The van der Waals surface area contributed by atoms with E-state index in [1.54, 1.807) is 0 Å². The summed E-state index contributed by atoms with van der Waals surface area (Å²) in [5.74, 6) is 0.656. The Bertz CT molecular complexity index is 960. The van der Waals surface area contributed by atoms with Crippen LogP contribution in [0.4, 0.5) is 0 Å². The van der Waals surface area contributed by atoms with E-state index in [4.69, 9.17) is 4.74 Å². The van der Waals surface area contributed by atoms with Gasteiger partial charge < -0.3 is 20.3 Å². The van der Waals surface area contributed by atoms with Gasteiger partial charge >= 0.3 is 0 Å². The van der Waals surface area contributed by atoms with Gasteiger partial charge in [0.2, 0.25) is 5.91 Å². The van der Waals surface area contributed by atoms with Gasteiger partial charge in [0.15, 0.2) is 0 Å². The molecule has 7 heteroatoms. The van der Waals surface area contributed by atoms with Crippen LogP contribution in [-0.2, 0) is 17.9 Å². The zero-order valence-electron chi connectivity index (χ0n) is 20.6. The van der Waals surface area contributed by atoms with Crippen LogP contribution in [0.5, 0.6) is 5.75 Å². The van der Waals surface area contributed by atoms with E-state index in [1.165, 1.54) is 12.8 Å². The van der Waals surface area contributed by atoms with Gasteiger partial charge in [-0.15, -0.1) is 0 Å². The first-order valence-electron chi connectivity index (χ1n) is 13.0. The Hall–Kier alpha value is -2.90. The fraction of sp³-hybridized carbons (Fsp3) is 0.500. The van der Waals surface area contributed by atoms with Crippen LogP contribution in [0.2, 0.25) is 0 Å². The molecule has 2 aliphatic heterocycles. The van der Waals surface area contributed by atoms with Crippen LogP contribution in [-0.4, -0.2) is 67.5 Å². The zero-order chi connectivity index (χ0) is 24.3. The van der Waals surface area contributed by atoms with E-state index >= 15 is 0 Å². The molecule has 0 aliphatic carbocycles. The summed E-state index contributed by atoms with van der Waals surface area (Å²) in [5, 5.41) is 6.16. The number of hydrogen-bond donors (Lipinski definition) is 2. The number of hydrogen-bond acceptors (Lipinski definition) is 5. The van der Waals surface area contributed by atoms with Crippen molar-refractivity contribution in [1.29, 1.82) is 0 Å². The molecule has 2 heterocycles. The number of ether oxygens (including phenoxy) is 1. The first kappa shape index (κ1) is 25.2. The SMILES string of the molecule is O=C1CN(Cc2ccccc2)Cc2c(cccc2C(=O)NCCN2CCCC2)OCCCCCN1. The molecule has 188 valence electrons. The normalized spacial score (nSPS) is 18.3. The first-order valence-corrected chi connectivity index (χ1v) is 13.0. The maximum atomic E-state index is 13.3. The molecule has 7 nitrogen and oxygen atoms in total. The molecular weight excluding hydrogens is 440 g/mol. The van der Waals surface area contributed by atoms with Crippen LogP contribution in [0.15, 0.2) is 48.5 Å². The fourth-order valence-electron chi connectivity index (χ4n) is 4.81. The molecule has 0 aromatic heterocycles. The number of nitrogens with one attached hydrogen (secondary N) is 2. The Labute approximate surface area is 208 Å². The number of likely N-dealkylation sites (tertiary alicyclic amines) is 1. The second-order valence-electron chi connectivity index (χ2n) is 9.48. The monoisotopic (exact) mass is 478 g/mol. The molecule has 2 amide bonds. The molecular formula is C28H38N4O3. The van der Waals surface area contributed by atoms with Crippen molar-refractivity contribution in [3.05, 3.63) is 65.2 Å². The first-order chi connectivity index (χ1) is 17.2. The Morgan fingerprint density at radius 1 is 0.914 bits per heavy atom. The van der Waals surface area contributed by atoms with Gasteiger partial charge in [0, 0.05) is 43.9 Å². The van der Waals surface area contributed by atoms with Gasteiger partial charge in [-0.3, -0.25) is 14.5 Å². The summed E-state index contributed by atoms with van der Waals surface area (Å²) in [6, 6.07) is 15.8. The second kappa shape index (κ2) is 13.3. The molecule has 0 saturated carbocycles. The van der Waals surface area contributed by atoms with Crippen LogP contribution in [0.25, 0.3) is 0 Å². The summed E-state index contributed by atoms with van der Waals surface area (Å²) in [4.78, 5) is 30.5. The number of nitrogens with zero attached hydrogens (tertiary/aromatic N) is 2. The standard InChI is InChI=1S/C28H38N4O3/c33-27-22-32(20-23-10-3-1-4-11-23)21-25-24(28(34)30-15-18-31-16-6-7-17-31)12-9-13-26(25)35-19-8-2-5-14-29-27/h1,3-4,9-13H,2,5-8,14-22H2,(H,29,33)(H,30,34). The lowest BCUT2D eigenvalue weighted by Crippen LogP contribution is -2.38. The molecule has 0 unspecified atom stereocenters. The number of fused-ring (bicyclic) bond motifs is 1. The summed E-state index contributed by atoms with van der Waals surface area (Å²) in [7, 11) is 0. The Kier molecular flexibility index (Phi) is 9.55. The average Bonchev–Trinajstić information content (AvgIpc) is 3.38. The highest BCUT2D eigenvalue weighted by Gasteiger charge is 2.21. The molecule has 4 rings (SSSR count). The highest BCUT2D eigenvalue weighted by Crippen LogP contribution is 2.26. The van der Waals surface area contributed by atoms with Crippen LogP contribution in [0.3, 0.4) is 0 Å². The summed E-state index contributed by atoms with van der Waals surface area (Å²) in [6.07, 6.45) is 5.31. The van der Waals surface area contributed by atoms with E-state index in [0.29, 0.717) is 38.3 Å². The third kappa shape index (κ3) is 7.80. The molecule has 2 aromatic carbocycles. The van der Waals surface area contributed by atoms with Gasteiger partial charge in [-0.1, -0.05) is 36.4 Å². The minimum atomic E-state index is -0.0851. The molecule has 0 bridgehead atoms. The van der Waals surface area contributed by atoms with Crippen molar-refractivity contribution >= 4 is 11.8 Å². The van der Waals surface area contributed by atoms with Crippen molar-refractivity contribution in [2.45, 2.75) is 45.2 Å². The van der Waals surface area contributed by atoms with Gasteiger partial charge in [0.25, 0.3) is 5.91 Å². The topological polar surface area (TPSA) is 73.9 Å². The molecule has 2 aliphatic rings. The number of rotatable bonds is 6. The number of benzene rings is 2. The quantitative estimate of drug-likeness (QED) is 0.667. The predicted octanol–water partition coefficient (Wildman–Crippen LogP) is 3.19. The molecule has 0 radical (unpaired) electrons. The molecule has 1 saturated heterocycles. The van der Waals surface area contributed by atoms with E-state index in [1.807, 2.05) is 36.4 Å². The molecule has 35 heavy (non-hydrogen) atoms. The van der Waals surface area contributed by atoms with Gasteiger partial charge in [0.1, 0.15) is 5.75 Å². The van der Waals surface area contributed by atoms with Crippen LogP contribution in [0, 0.1) is 0 Å². The highest BCUT2D eigenvalue weighted by atomic mass is 16.5. The van der Waals surface area contributed by atoms with Crippen molar-refractivity contribution in [1.82, 2.24) is 20.4 Å². The maximum absolute atomic E-state index is 13.3. The number of amides is 2. The summed E-state index contributed by atoms with van der Waals surface area (Å²) in [5.41, 5.74) is 2.59. The van der Waals surface area contributed by atoms with Gasteiger partial charge in [-0.05, 0) is 62.9 Å². The molecule has 2 N–H and O–H groups in total. The van der Waals surface area contributed by atoms with E-state index in [9.17, 15) is 9.59 Å². The second-order valence-corrected chi connectivity index (χ2v) is 9.48. The predicted molar refractivity (Wildman–Crippen MR) is 137 cm³/mol. The van der Waals surface area contributed by atoms with Gasteiger partial charge in [-0.25, -0.2) is 0 Å². The third-order valence-corrected chi connectivity index (χ3v) is 6.69. The Morgan fingerprint density at radius 3 is 2.57 bits per heavy atom. The van der Waals surface area contributed by atoms with Crippen molar-refractivity contribution in [3.63, 3.8) is 0 Å². The minimum Gasteiger partial charge on any atom is -0.493 e. The van der Waals surface area contributed by atoms with Crippen molar-refractivity contribution in [2.75, 3.05) is 45.9 Å². The van der Waals surface area contributed by atoms with Gasteiger partial charge in [-0.2, -0.15) is 0 Å². The van der Waals surface area contributed by atoms with E-state index in [-0.39, 0.29) is 18.4 Å². The maximum Gasteiger partial charge on any atom is 0.251 e.